The molecule has 1 N–H and O–H groups in total. The standard InChI is InChI=1S/C13H18BrN3/c1-9-6-11(14)7-16-13(9)17-5-3-12-10(8-17)2-4-15-12/h6-7,10,12,15H,2-5,8H2,1H3. The zero-order valence-corrected chi connectivity index (χ0v) is 11.7. The summed E-state index contributed by atoms with van der Waals surface area (Å²) >= 11 is 3.47. The molecule has 2 fully saturated rings. The first kappa shape index (κ1) is 11.5. The summed E-state index contributed by atoms with van der Waals surface area (Å²) in [6, 6.07) is 2.91. The summed E-state index contributed by atoms with van der Waals surface area (Å²) in [5.41, 5.74) is 1.27. The van der Waals surface area contributed by atoms with Crippen LogP contribution in [0.15, 0.2) is 16.7 Å². The average molecular weight is 296 g/mol. The Balaban J connectivity index is 1.80. The van der Waals surface area contributed by atoms with E-state index in [0.29, 0.717) is 0 Å². The predicted molar refractivity (Wildman–Crippen MR) is 73.4 cm³/mol. The molecule has 2 unspecified atom stereocenters. The highest BCUT2D eigenvalue weighted by Gasteiger charge is 2.33. The van der Waals surface area contributed by atoms with E-state index in [1.807, 2.05) is 6.20 Å². The first-order chi connectivity index (χ1) is 8.24. The number of aromatic nitrogens is 1. The Hall–Kier alpha value is -0.610. The van der Waals surface area contributed by atoms with E-state index in [1.165, 1.54) is 30.8 Å². The van der Waals surface area contributed by atoms with Crippen LogP contribution in [-0.4, -0.2) is 30.7 Å². The molecule has 3 heterocycles. The van der Waals surface area contributed by atoms with Gasteiger partial charge in [-0.3, -0.25) is 0 Å². The molecule has 3 nitrogen and oxygen atoms in total. The van der Waals surface area contributed by atoms with Gasteiger partial charge in [-0.05, 0) is 59.8 Å². The van der Waals surface area contributed by atoms with Crippen molar-refractivity contribution in [3.63, 3.8) is 0 Å². The van der Waals surface area contributed by atoms with E-state index in [0.717, 1.165) is 29.5 Å². The Morgan fingerprint density at radius 1 is 1.47 bits per heavy atom. The van der Waals surface area contributed by atoms with E-state index in [9.17, 15) is 0 Å². The number of halogens is 1. The lowest BCUT2D eigenvalue weighted by Gasteiger charge is -2.36. The lowest BCUT2D eigenvalue weighted by Crippen LogP contribution is -2.45. The third-order valence-electron chi connectivity index (χ3n) is 3.97. The Morgan fingerprint density at radius 3 is 3.18 bits per heavy atom. The summed E-state index contributed by atoms with van der Waals surface area (Å²) in [7, 11) is 0. The maximum absolute atomic E-state index is 4.57. The fourth-order valence-electron chi connectivity index (χ4n) is 3.10. The molecule has 0 saturated carbocycles. The molecule has 2 aliphatic heterocycles. The summed E-state index contributed by atoms with van der Waals surface area (Å²) in [6.07, 6.45) is 4.47. The van der Waals surface area contributed by atoms with Gasteiger partial charge in [0, 0.05) is 29.8 Å². The number of pyridine rings is 1. The van der Waals surface area contributed by atoms with Crippen LogP contribution in [0.1, 0.15) is 18.4 Å². The van der Waals surface area contributed by atoms with Gasteiger partial charge in [0.1, 0.15) is 5.82 Å². The van der Waals surface area contributed by atoms with E-state index in [1.54, 1.807) is 0 Å². The molecule has 0 amide bonds. The zero-order chi connectivity index (χ0) is 11.8. The highest BCUT2D eigenvalue weighted by atomic mass is 79.9. The third-order valence-corrected chi connectivity index (χ3v) is 4.41. The smallest absolute Gasteiger partial charge is 0.131 e. The molecule has 0 aliphatic carbocycles. The molecule has 1 aromatic heterocycles. The van der Waals surface area contributed by atoms with Crippen LogP contribution in [0.3, 0.4) is 0 Å². The number of anilines is 1. The van der Waals surface area contributed by atoms with Gasteiger partial charge in [0.2, 0.25) is 0 Å². The SMILES string of the molecule is Cc1cc(Br)cnc1N1CCC2NCCC2C1. The van der Waals surface area contributed by atoms with Gasteiger partial charge < -0.3 is 10.2 Å². The van der Waals surface area contributed by atoms with Crippen molar-refractivity contribution in [1.29, 1.82) is 0 Å². The van der Waals surface area contributed by atoms with Gasteiger partial charge in [-0.2, -0.15) is 0 Å². The molecule has 2 saturated heterocycles. The molecule has 3 rings (SSSR count). The largest absolute Gasteiger partial charge is 0.356 e. The second-order valence-electron chi connectivity index (χ2n) is 5.14. The molecule has 0 radical (unpaired) electrons. The Bertz CT molecular complexity index is 421. The molecular weight excluding hydrogens is 278 g/mol. The van der Waals surface area contributed by atoms with Crippen LogP contribution in [0.2, 0.25) is 0 Å². The van der Waals surface area contributed by atoms with Crippen LogP contribution < -0.4 is 10.2 Å². The molecule has 2 aliphatic rings. The normalized spacial score (nSPS) is 28.2. The van der Waals surface area contributed by atoms with E-state index in [-0.39, 0.29) is 0 Å². The second-order valence-corrected chi connectivity index (χ2v) is 6.05. The van der Waals surface area contributed by atoms with Crippen molar-refractivity contribution in [2.45, 2.75) is 25.8 Å². The van der Waals surface area contributed by atoms with Crippen molar-refractivity contribution in [3.8, 4) is 0 Å². The van der Waals surface area contributed by atoms with Crippen molar-refractivity contribution < 1.29 is 0 Å². The van der Waals surface area contributed by atoms with Gasteiger partial charge in [-0.1, -0.05) is 0 Å². The highest BCUT2D eigenvalue weighted by Crippen LogP contribution is 2.29. The Labute approximate surface area is 111 Å². The van der Waals surface area contributed by atoms with Crippen molar-refractivity contribution >= 4 is 21.7 Å². The van der Waals surface area contributed by atoms with E-state index < -0.39 is 0 Å². The maximum Gasteiger partial charge on any atom is 0.131 e. The predicted octanol–water partition coefficient (Wildman–Crippen LogP) is 2.34. The van der Waals surface area contributed by atoms with E-state index in [4.69, 9.17) is 0 Å². The monoisotopic (exact) mass is 295 g/mol. The zero-order valence-electron chi connectivity index (χ0n) is 10.1. The fourth-order valence-corrected chi connectivity index (χ4v) is 3.55. The minimum Gasteiger partial charge on any atom is -0.356 e. The Kier molecular flexibility index (Phi) is 3.09. The van der Waals surface area contributed by atoms with Crippen LogP contribution >= 0.6 is 15.9 Å². The number of rotatable bonds is 1. The summed E-state index contributed by atoms with van der Waals surface area (Å²) in [5, 5.41) is 3.60. The van der Waals surface area contributed by atoms with Crippen LogP contribution in [0.25, 0.3) is 0 Å². The molecular formula is C13H18BrN3. The van der Waals surface area contributed by atoms with Gasteiger partial charge in [-0.25, -0.2) is 4.98 Å². The summed E-state index contributed by atoms with van der Waals surface area (Å²) < 4.78 is 1.07. The molecule has 0 aromatic carbocycles. The lowest BCUT2D eigenvalue weighted by atomic mass is 9.93. The molecule has 0 spiro atoms. The molecule has 0 bridgehead atoms. The summed E-state index contributed by atoms with van der Waals surface area (Å²) in [5.74, 6) is 1.98. The van der Waals surface area contributed by atoms with Crippen LogP contribution in [0, 0.1) is 12.8 Å². The molecule has 17 heavy (non-hydrogen) atoms. The van der Waals surface area contributed by atoms with E-state index >= 15 is 0 Å². The summed E-state index contributed by atoms with van der Waals surface area (Å²) in [6.45, 7) is 5.62. The van der Waals surface area contributed by atoms with Gasteiger partial charge in [0.05, 0.1) is 0 Å². The Morgan fingerprint density at radius 2 is 2.35 bits per heavy atom. The van der Waals surface area contributed by atoms with Crippen molar-refractivity contribution in [3.05, 3.63) is 22.3 Å². The third kappa shape index (κ3) is 2.20. The minimum absolute atomic E-state index is 0.752. The van der Waals surface area contributed by atoms with Crippen molar-refractivity contribution in [2.24, 2.45) is 5.92 Å². The molecule has 92 valence electrons. The number of piperidine rings is 1. The topological polar surface area (TPSA) is 28.2 Å². The molecule has 2 atom stereocenters. The first-order valence-electron chi connectivity index (χ1n) is 6.34. The van der Waals surface area contributed by atoms with Gasteiger partial charge in [0.15, 0.2) is 0 Å². The van der Waals surface area contributed by atoms with Crippen LogP contribution in [-0.2, 0) is 0 Å². The molecule has 1 aromatic rings. The number of nitrogens with one attached hydrogen (secondary N) is 1. The second kappa shape index (κ2) is 4.58. The van der Waals surface area contributed by atoms with Crippen LogP contribution in [0.4, 0.5) is 5.82 Å². The van der Waals surface area contributed by atoms with Crippen molar-refractivity contribution in [1.82, 2.24) is 10.3 Å². The van der Waals surface area contributed by atoms with Gasteiger partial charge in [-0.15, -0.1) is 0 Å². The van der Waals surface area contributed by atoms with Gasteiger partial charge in [0.25, 0.3) is 0 Å². The van der Waals surface area contributed by atoms with E-state index in [2.05, 4.69) is 44.1 Å². The maximum atomic E-state index is 4.57. The number of nitrogens with zero attached hydrogens (tertiary/aromatic N) is 2. The first-order valence-corrected chi connectivity index (χ1v) is 7.14. The fraction of sp³-hybridized carbons (Fsp3) is 0.615. The molecule has 4 heteroatoms. The quantitative estimate of drug-likeness (QED) is 0.862. The number of hydrogen-bond acceptors (Lipinski definition) is 3. The number of fused-ring (bicyclic) bond motifs is 1. The average Bonchev–Trinajstić information content (AvgIpc) is 2.75. The number of hydrogen-bond donors (Lipinski definition) is 1. The summed E-state index contributed by atoms with van der Waals surface area (Å²) in [4.78, 5) is 7.03. The van der Waals surface area contributed by atoms with Crippen molar-refractivity contribution in [2.75, 3.05) is 24.5 Å². The highest BCUT2D eigenvalue weighted by molar-refractivity contribution is 9.10. The minimum atomic E-state index is 0.752. The van der Waals surface area contributed by atoms with Crippen LogP contribution in [0.5, 0.6) is 0 Å². The number of aryl methyl sites for hydroxylation is 1. The lowest BCUT2D eigenvalue weighted by molar-refractivity contribution is 0.374. The van der Waals surface area contributed by atoms with Gasteiger partial charge >= 0.3 is 0 Å².